The van der Waals surface area contributed by atoms with Crippen molar-refractivity contribution in [1.29, 1.82) is 0 Å². The van der Waals surface area contributed by atoms with Crippen LogP contribution in [0.25, 0.3) is 0 Å². The Bertz CT molecular complexity index is 224. The summed E-state index contributed by atoms with van der Waals surface area (Å²) in [4.78, 5) is 22.3. The van der Waals surface area contributed by atoms with E-state index in [0.717, 1.165) is 21.7 Å². The van der Waals surface area contributed by atoms with Gasteiger partial charge in [0.25, 0.3) is 0 Å². The van der Waals surface area contributed by atoms with E-state index in [1.165, 1.54) is 0 Å². The fourth-order valence-electron chi connectivity index (χ4n) is 1.10. The number of hydrogen-bond donors (Lipinski definition) is 0. The van der Waals surface area contributed by atoms with Gasteiger partial charge in [0, 0.05) is 21.7 Å². The molecule has 0 aliphatic carbocycles. The lowest BCUT2D eigenvalue weighted by Crippen LogP contribution is -2.14. The van der Waals surface area contributed by atoms with Crippen LogP contribution in [-0.4, -0.2) is 47.2 Å². The van der Waals surface area contributed by atoms with Gasteiger partial charge < -0.3 is 14.2 Å². The predicted octanol–water partition coefficient (Wildman–Crippen LogP) is 2.52. The summed E-state index contributed by atoms with van der Waals surface area (Å²) in [6, 6.07) is 0. The van der Waals surface area contributed by atoms with Crippen LogP contribution in [0.2, 0.25) is 0 Å². The number of hydrogen-bond acceptors (Lipinski definition) is 5. The third-order valence-corrected chi connectivity index (χ3v) is 3.54. The molecule has 0 aromatic carbocycles. The third-order valence-electron chi connectivity index (χ3n) is 2.01. The molecule has 0 atom stereocenters. The highest BCUT2D eigenvalue weighted by Crippen LogP contribution is 1.97. The number of halogens is 2. The molecule has 19 heavy (non-hydrogen) atoms. The average Bonchev–Trinajstić information content (AvgIpc) is 2.41. The van der Waals surface area contributed by atoms with Gasteiger partial charge in [0.05, 0.1) is 13.2 Å². The van der Waals surface area contributed by atoms with E-state index in [1.54, 1.807) is 0 Å². The molecule has 0 N–H and O–H groups in total. The van der Waals surface area contributed by atoms with Crippen LogP contribution in [0.4, 0.5) is 0 Å². The van der Waals surface area contributed by atoms with Crippen LogP contribution in [0.1, 0.15) is 25.7 Å². The van der Waals surface area contributed by atoms with Crippen LogP contribution in [0.15, 0.2) is 0 Å². The number of carbonyl (C=O) groups is 2. The smallest absolute Gasteiger partial charge is 0.305 e. The molecule has 0 rings (SSSR count). The summed E-state index contributed by atoms with van der Waals surface area (Å²) in [6.45, 7) is 1.17. The van der Waals surface area contributed by atoms with Gasteiger partial charge in [-0.2, -0.15) is 0 Å². The molecule has 0 heterocycles. The molecular weight excluding hydrogens is 478 g/mol. The molecule has 0 spiro atoms. The molecule has 0 fully saturated rings. The molecule has 0 bridgehead atoms. The van der Waals surface area contributed by atoms with Gasteiger partial charge in [-0.3, -0.25) is 9.59 Å². The Morgan fingerprint density at radius 1 is 0.737 bits per heavy atom. The van der Waals surface area contributed by atoms with Crippen molar-refractivity contribution in [2.24, 2.45) is 0 Å². The maximum Gasteiger partial charge on any atom is 0.305 e. The second-order valence-corrected chi connectivity index (χ2v) is 5.80. The van der Waals surface area contributed by atoms with Gasteiger partial charge in [-0.15, -0.1) is 0 Å². The number of ether oxygens (including phenoxy) is 3. The predicted molar refractivity (Wildman–Crippen MR) is 89.0 cm³/mol. The summed E-state index contributed by atoms with van der Waals surface area (Å²) in [5.74, 6) is -0.379. The van der Waals surface area contributed by atoms with Gasteiger partial charge in [-0.05, 0) is 12.8 Å². The summed E-state index contributed by atoms with van der Waals surface area (Å²) in [5.41, 5.74) is 0. The standard InChI is InChI=1S/C12H20I2O5/c13-5-1-3-11(15)18-9-7-17-8-10-19-12(16)4-2-6-14/h1-10H2. The first kappa shape index (κ1) is 19.4. The molecule has 112 valence electrons. The summed E-state index contributed by atoms with van der Waals surface area (Å²) >= 11 is 4.44. The zero-order valence-electron chi connectivity index (χ0n) is 10.9. The van der Waals surface area contributed by atoms with Crippen molar-refractivity contribution >= 4 is 57.1 Å². The van der Waals surface area contributed by atoms with Crippen molar-refractivity contribution in [1.82, 2.24) is 0 Å². The quantitative estimate of drug-likeness (QED) is 0.179. The Labute approximate surface area is 141 Å². The minimum absolute atomic E-state index is 0.189. The Hall–Kier alpha value is 0.360. The molecule has 0 unspecified atom stereocenters. The summed E-state index contributed by atoms with van der Waals surface area (Å²) < 4.78 is 17.0. The van der Waals surface area contributed by atoms with Crippen LogP contribution in [0.5, 0.6) is 0 Å². The Kier molecular flexibility index (Phi) is 15.0. The molecule has 0 aliphatic heterocycles. The van der Waals surface area contributed by atoms with Crippen LogP contribution in [0, 0.1) is 0 Å². The first-order valence-corrected chi connectivity index (χ1v) is 9.26. The van der Waals surface area contributed by atoms with Gasteiger partial charge in [-0.1, -0.05) is 45.2 Å². The van der Waals surface area contributed by atoms with Crippen molar-refractivity contribution < 1.29 is 23.8 Å². The van der Waals surface area contributed by atoms with Gasteiger partial charge in [0.2, 0.25) is 0 Å². The van der Waals surface area contributed by atoms with E-state index in [1.807, 2.05) is 0 Å². The summed E-state index contributed by atoms with van der Waals surface area (Å²) in [6.07, 6.45) is 2.59. The molecule has 5 nitrogen and oxygen atoms in total. The minimum atomic E-state index is -0.189. The molecule has 7 heteroatoms. The number of esters is 2. The lowest BCUT2D eigenvalue weighted by atomic mass is 10.3. The fourth-order valence-corrected chi connectivity index (χ4v) is 1.86. The molecule has 0 saturated heterocycles. The van der Waals surface area contributed by atoms with Gasteiger partial charge in [-0.25, -0.2) is 0 Å². The summed E-state index contributed by atoms with van der Waals surface area (Å²) in [5, 5.41) is 0. The maximum atomic E-state index is 11.1. The van der Waals surface area contributed by atoms with E-state index >= 15 is 0 Å². The molecule has 0 aromatic heterocycles. The van der Waals surface area contributed by atoms with Crippen LogP contribution in [-0.2, 0) is 23.8 Å². The van der Waals surface area contributed by atoms with E-state index in [2.05, 4.69) is 45.2 Å². The third kappa shape index (κ3) is 14.6. The van der Waals surface area contributed by atoms with Crippen molar-refractivity contribution in [3.63, 3.8) is 0 Å². The monoisotopic (exact) mass is 498 g/mol. The lowest BCUT2D eigenvalue weighted by Gasteiger charge is -2.06. The molecule has 0 saturated carbocycles. The maximum absolute atomic E-state index is 11.1. The second kappa shape index (κ2) is 14.8. The molecule has 0 amide bonds. The van der Waals surface area contributed by atoms with Gasteiger partial charge >= 0.3 is 11.9 Å². The molecule has 0 radical (unpaired) electrons. The molecule has 0 aliphatic rings. The van der Waals surface area contributed by atoms with E-state index in [9.17, 15) is 9.59 Å². The van der Waals surface area contributed by atoms with E-state index in [-0.39, 0.29) is 25.2 Å². The van der Waals surface area contributed by atoms with E-state index in [0.29, 0.717) is 26.1 Å². The molecular formula is C12H20I2O5. The minimum Gasteiger partial charge on any atom is -0.463 e. The zero-order valence-corrected chi connectivity index (χ0v) is 15.2. The average molecular weight is 498 g/mol. The van der Waals surface area contributed by atoms with Gasteiger partial charge in [0.1, 0.15) is 13.2 Å². The Morgan fingerprint density at radius 2 is 1.16 bits per heavy atom. The van der Waals surface area contributed by atoms with Crippen molar-refractivity contribution in [2.75, 3.05) is 35.3 Å². The number of alkyl halides is 2. The van der Waals surface area contributed by atoms with E-state index in [4.69, 9.17) is 14.2 Å². The fraction of sp³-hybridized carbons (Fsp3) is 0.833. The first-order chi connectivity index (χ1) is 9.20. The van der Waals surface area contributed by atoms with Gasteiger partial charge in [0.15, 0.2) is 0 Å². The highest BCUT2D eigenvalue weighted by molar-refractivity contribution is 14.1. The lowest BCUT2D eigenvalue weighted by molar-refractivity contribution is -0.146. The van der Waals surface area contributed by atoms with Crippen molar-refractivity contribution in [2.45, 2.75) is 25.7 Å². The van der Waals surface area contributed by atoms with E-state index < -0.39 is 0 Å². The SMILES string of the molecule is O=C(CCCI)OCCOCCOC(=O)CCCI. The van der Waals surface area contributed by atoms with Crippen molar-refractivity contribution in [3.8, 4) is 0 Å². The largest absolute Gasteiger partial charge is 0.463 e. The van der Waals surface area contributed by atoms with Crippen LogP contribution < -0.4 is 0 Å². The Balaban J connectivity index is 3.22. The van der Waals surface area contributed by atoms with Crippen LogP contribution in [0.3, 0.4) is 0 Å². The Morgan fingerprint density at radius 3 is 1.53 bits per heavy atom. The van der Waals surface area contributed by atoms with Crippen LogP contribution >= 0.6 is 45.2 Å². The highest BCUT2D eigenvalue weighted by atomic mass is 127. The first-order valence-electron chi connectivity index (χ1n) is 6.21. The number of carbonyl (C=O) groups excluding carboxylic acids is 2. The highest BCUT2D eigenvalue weighted by Gasteiger charge is 2.03. The zero-order chi connectivity index (χ0) is 14.3. The number of rotatable bonds is 12. The normalized spacial score (nSPS) is 10.2. The second-order valence-electron chi connectivity index (χ2n) is 3.64. The summed E-state index contributed by atoms with van der Waals surface area (Å²) in [7, 11) is 0. The molecule has 0 aromatic rings. The van der Waals surface area contributed by atoms with Crippen molar-refractivity contribution in [3.05, 3.63) is 0 Å². The topological polar surface area (TPSA) is 61.8 Å².